The lowest BCUT2D eigenvalue weighted by atomic mass is 10.1. The average molecular weight is 279 g/mol. The van der Waals surface area contributed by atoms with Gasteiger partial charge in [-0.3, -0.25) is 9.00 Å². The molecule has 2 N–H and O–H groups in total. The highest BCUT2D eigenvalue weighted by atomic mass is 32.2. The first kappa shape index (κ1) is 15.4. The Morgan fingerprint density at radius 2 is 2.26 bits per heavy atom. The van der Waals surface area contributed by atoms with Gasteiger partial charge in [0.2, 0.25) is 0 Å². The Bertz CT molecular complexity index is 531. The van der Waals surface area contributed by atoms with Gasteiger partial charge in [-0.15, -0.1) is 0 Å². The SMILES string of the molecule is CC(CNC(=O)c1cccc(C#CCO)c1)S(C)=O. The van der Waals surface area contributed by atoms with Crippen LogP contribution in [0.1, 0.15) is 22.8 Å². The Hall–Kier alpha value is -1.64. The van der Waals surface area contributed by atoms with Gasteiger partial charge in [0, 0.05) is 40.0 Å². The number of benzene rings is 1. The number of aliphatic hydroxyl groups is 1. The second kappa shape index (κ2) is 7.72. The molecule has 0 aliphatic heterocycles. The molecule has 102 valence electrons. The van der Waals surface area contributed by atoms with Gasteiger partial charge < -0.3 is 10.4 Å². The molecule has 0 spiro atoms. The lowest BCUT2D eigenvalue weighted by Gasteiger charge is -2.10. The average Bonchev–Trinajstić information content (AvgIpc) is 2.42. The van der Waals surface area contributed by atoms with Gasteiger partial charge in [-0.05, 0) is 25.1 Å². The topological polar surface area (TPSA) is 66.4 Å². The smallest absolute Gasteiger partial charge is 0.251 e. The standard InChI is InChI=1S/C14H17NO3S/c1-11(19(2)18)10-15-14(17)13-7-3-5-12(9-13)6-4-8-16/h3,5,7,9,11,16H,8,10H2,1-2H3,(H,15,17). The van der Waals surface area contributed by atoms with Crippen LogP contribution in [0.4, 0.5) is 0 Å². The molecular weight excluding hydrogens is 262 g/mol. The Balaban J connectivity index is 2.69. The van der Waals surface area contributed by atoms with Crippen LogP contribution in [0, 0.1) is 11.8 Å². The van der Waals surface area contributed by atoms with Gasteiger partial charge in [0.15, 0.2) is 0 Å². The minimum atomic E-state index is -0.957. The van der Waals surface area contributed by atoms with Crippen LogP contribution in [-0.2, 0) is 10.8 Å². The summed E-state index contributed by atoms with van der Waals surface area (Å²) in [6, 6.07) is 6.85. The molecule has 0 radical (unpaired) electrons. The number of hydrogen-bond donors (Lipinski definition) is 2. The van der Waals surface area contributed by atoms with Crippen molar-refractivity contribution in [2.45, 2.75) is 12.2 Å². The summed E-state index contributed by atoms with van der Waals surface area (Å²) in [6.07, 6.45) is 1.61. The van der Waals surface area contributed by atoms with E-state index in [1.807, 2.05) is 6.92 Å². The van der Waals surface area contributed by atoms with Gasteiger partial charge in [0.25, 0.3) is 5.91 Å². The highest BCUT2D eigenvalue weighted by molar-refractivity contribution is 7.84. The summed E-state index contributed by atoms with van der Waals surface area (Å²) in [7, 11) is -0.957. The second-order valence-electron chi connectivity index (χ2n) is 4.06. The minimum Gasteiger partial charge on any atom is -0.384 e. The van der Waals surface area contributed by atoms with Crippen molar-refractivity contribution in [2.24, 2.45) is 0 Å². The molecule has 0 heterocycles. The molecule has 5 heteroatoms. The predicted octanol–water partition coefficient (Wildman–Crippen LogP) is 0.527. The van der Waals surface area contributed by atoms with E-state index in [9.17, 15) is 9.00 Å². The fourth-order valence-electron chi connectivity index (χ4n) is 1.34. The van der Waals surface area contributed by atoms with Crippen LogP contribution in [0.5, 0.6) is 0 Å². The summed E-state index contributed by atoms with van der Waals surface area (Å²) in [4.78, 5) is 11.9. The number of hydrogen-bond acceptors (Lipinski definition) is 3. The minimum absolute atomic E-state index is 0.0821. The van der Waals surface area contributed by atoms with E-state index in [2.05, 4.69) is 17.2 Å². The van der Waals surface area contributed by atoms with Crippen molar-refractivity contribution < 1.29 is 14.1 Å². The number of aliphatic hydroxyl groups excluding tert-OH is 1. The van der Waals surface area contributed by atoms with E-state index in [1.165, 1.54) is 0 Å². The molecule has 19 heavy (non-hydrogen) atoms. The molecule has 0 fully saturated rings. The Labute approximate surface area is 115 Å². The predicted molar refractivity (Wildman–Crippen MR) is 76.3 cm³/mol. The molecule has 1 rings (SSSR count). The molecule has 0 bridgehead atoms. The van der Waals surface area contributed by atoms with E-state index in [0.717, 1.165) is 0 Å². The summed E-state index contributed by atoms with van der Waals surface area (Å²) in [5.74, 6) is 5.06. The molecule has 2 atom stereocenters. The number of amides is 1. The van der Waals surface area contributed by atoms with Crippen molar-refractivity contribution in [1.29, 1.82) is 0 Å². The Morgan fingerprint density at radius 3 is 2.89 bits per heavy atom. The van der Waals surface area contributed by atoms with Crippen LogP contribution in [0.15, 0.2) is 24.3 Å². The highest BCUT2D eigenvalue weighted by Crippen LogP contribution is 2.04. The zero-order chi connectivity index (χ0) is 14.3. The van der Waals surface area contributed by atoms with Gasteiger partial charge in [-0.2, -0.15) is 0 Å². The molecule has 2 unspecified atom stereocenters. The van der Waals surface area contributed by atoms with E-state index in [1.54, 1.807) is 30.5 Å². The zero-order valence-corrected chi connectivity index (χ0v) is 11.8. The van der Waals surface area contributed by atoms with Crippen LogP contribution >= 0.6 is 0 Å². The van der Waals surface area contributed by atoms with Crippen molar-refractivity contribution in [1.82, 2.24) is 5.32 Å². The normalized spacial score (nSPS) is 13.0. The van der Waals surface area contributed by atoms with Gasteiger partial charge in [0.1, 0.15) is 6.61 Å². The molecule has 1 amide bonds. The van der Waals surface area contributed by atoms with Gasteiger partial charge in [0.05, 0.1) is 0 Å². The van der Waals surface area contributed by atoms with Crippen LogP contribution in [0.25, 0.3) is 0 Å². The fourth-order valence-corrected chi connectivity index (χ4v) is 1.65. The van der Waals surface area contributed by atoms with Gasteiger partial charge in [-0.25, -0.2) is 0 Å². The maximum Gasteiger partial charge on any atom is 0.251 e. The summed E-state index contributed by atoms with van der Waals surface area (Å²) in [6.45, 7) is 1.98. The van der Waals surface area contributed by atoms with Crippen LogP contribution in [-0.4, -0.2) is 39.9 Å². The molecule has 0 aliphatic carbocycles. The molecule has 1 aromatic rings. The Kier molecular flexibility index (Phi) is 6.26. The van der Waals surface area contributed by atoms with Crippen molar-refractivity contribution in [2.75, 3.05) is 19.4 Å². The quantitative estimate of drug-likeness (QED) is 0.790. The summed E-state index contributed by atoms with van der Waals surface area (Å²) >= 11 is 0. The lowest BCUT2D eigenvalue weighted by molar-refractivity contribution is 0.0954. The van der Waals surface area contributed by atoms with E-state index < -0.39 is 10.8 Å². The second-order valence-corrected chi connectivity index (χ2v) is 5.86. The summed E-state index contributed by atoms with van der Waals surface area (Å²) in [5.41, 5.74) is 1.17. The first-order valence-corrected chi connectivity index (χ1v) is 7.47. The highest BCUT2D eigenvalue weighted by Gasteiger charge is 2.10. The third kappa shape index (κ3) is 5.25. The lowest BCUT2D eigenvalue weighted by Crippen LogP contribution is -2.32. The molecule has 4 nitrogen and oxygen atoms in total. The molecule has 0 saturated carbocycles. The molecule has 1 aromatic carbocycles. The maximum absolute atomic E-state index is 11.9. The molecule has 0 aliphatic rings. The van der Waals surface area contributed by atoms with E-state index in [0.29, 0.717) is 17.7 Å². The first-order valence-electron chi connectivity index (χ1n) is 5.85. The van der Waals surface area contributed by atoms with E-state index in [4.69, 9.17) is 5.11 Å². The Morgan fingerprint density at radius 1 is 1.53 bits per heavy atom. The molecular formula is C14H17NO3S. The third-order valence-electron chi connectivity index (χ3n) is 2.55. The van der Waals surface area contributed by atoms with Crippen molar-refractivity contribution in [3.63, 3.8) is 0 Å². The number of carbonyl (C=O) groups is 1. The van der Waals surface area contributed by atoms with E-state index in [-0.39, 0.29) is 17.8 Å². The zero-order valence-electron chi connectivity index (χ0n) is 11.0. The van der Waals surface area contributed by atoms with Crippen LogP contribution < -0.4 is 5.32 Å². The van der Waals surface area contributed by atoms with Crippen molar-refractivity contribution in [3.8, 4) is 11.8 Å². The van der Waals surface area contributed by atoms with Gasteiger partial charge >= 0.3 is 0 Å². The third-order valence-corrected chi connectivity index (χ3v) is 3.85. The largest absolute Gasteiger partial charge is 0.384 e. The van der Waals surface area contributed by atoms with Crippen molar-refractivity contribution >= 4 is 16.7 Å². The summed E-state index contributed by atoms with van der Waals surface area (Å²) in [5, 5.41) is 11.3. The van der Waals surface area contributed by atoms with Crippen LogP contribution in [0.3, 0.4) is 0 Å². The monoisotopic (exact) mass is 279 g/mol. The molecule has 0 aromatic heterocycles. The number of rotatable bonds is 4. The maximum atomic E-state index is 11.9. The van der Waals surface area contributed by atoms with Crippen molar-refractivity contribution in [3.05, 3.63) is 35.4 Å². The molecule has 0 saturated heterocycles. The fraction of sp³-hybridized carbons (Fsp3) is 0.357. The summed E-state index contributed by atoms with van der Waals surface area (Å²) < 4.78 is 11.2. The van der Waals surface area contributed by atoms with Crippen LogP contribution in [0.2, 0.25) is 0 Å². The number of nitrogens with one attached hydrogen (secondary N) is 1. The van der Waals surface area contributed by atoms with Gasteiger partial charge in [-0.1, -0.05) is 17.9 Å². The first-order chi connectivity index (χ1) is 9.04. The number of carbonyl (C=O) groups excluding carboxylic acids is 1. The van der Waals surface area contributed by atoms with E-state index >= 15 is 0 Å².